The maximum atomic E-state index is 11.2. The van der Waals surface area contributed by atoms with Crippen molar-refractivity contribution < 1.29 is 4.79 Å². The van der Waals surface area contributed by atoms with E-state index in [2.05, 4.69) is 12.2 Å². The molecule has 1 fully saturated rings. The molecule has 1 aliphatic heterocycles. The normalized spacial score (nSPS) is 30.5. The smallest absolute Gasteiger partial charge is 0.223 e. The zero-order valence-corrected chi connectivity index (χ0v) is 6.97. The lowest BCUT2D eigenvalue weighted by molar-refractivity contribution is -0.122. The molecule has 0 aromatic rings. The van der Waals surface area contributed by atoms with Gasteiger partial charge in [0, 0.05) is 12.0 Å². The molecule has 3 heteroatoms. The predicted molar refractivity (Wildman–Crippen MR) is 44.0 cm³/mol. The third kappa shape index (κ3) is 1.93. The van der Waals surface area contributed by atoms with Crippen LogP contribution in [0.4, 0.5) is 0 Å². The second-order valence-corrected chi connectivity index (χ2v) is 3.12. The molecule has 1 heterocycles. The average molecular weight is 156 g/mol. The maximum absolute atomic E-state index is 11.2. The summed E-state index contributed by atoms with van der Waals surface area (Å²) >= 11 is 0. The molecule has 0 aliphatic carbocycles. The first kappa shape index (κ1) is 8.53. The molecule has 2 atom stereocenters. The average Bonchev–Trinajstić information content (AvgIpc) is 2.33. The van der Waals surface area contributed by atoms with E-state index in [4.69, 9.17) is 5.73 Å². The van der Waals surface area contributed by atoms with Crippen LogP contribution < -0.4 is 11.1 Å². The summed E-state index contributed by atoms with van der Waals surface area (Å²) in [6, 6.07) is 0.402. The van der Waals surface area contributed by atoms with E-state index in [-0.39, 0.29) is 11.8 Å². The molecule has 3 nitrogen and oxygen atoms in total. The minimum absolute atomic E-state index is 0.185. The lowest BCUT2D eigenvalue weighted by Gasteiger charge is -2.03. The van der Waals surface area contributed by atoms with Gasteiger partial charge in [0.15, 0.2) is 0 Å². The van der Waals surface area contributed by atoms with Gasteiger partial charge in [-0.2, -0.15) is 0 Å². The number of rotatable bonds is 3. The molecule has 1 aliphatic rings. The van der Waals surface area contributed by atoms with Gasteiger partial charge in [0.25, 0.3) is 0 Å². The van der Waals surface area contributed by atoms with Crippen LogP contribution in [-0.2, 0) is 4.79 Å². The van der Waals surface area contributed by atoms with Crippen molar-refractivity contribution >= 4 is 5.91 Å². The number of amides is 1. The Bertz CT molecular complexity index is 147. The van der Waals surface area contributed by atoms with Gasteiger partial charge in [0.1, 0.15) is 0 Å². The molecule has 1 saturated heterocycles. The highest BCUT2D eigenvalue weighted by molar-refractivity contribution is 5.81. The van der Waals surface area contributed by atoms with Gasteiger partial charge in [0.2, 0.25) is 5.91 Å². The van der Waals surface area contributed by atoms with Gasteiger partial charge in [-0.25, -0.2) is 0 Å². The van der Waals surface area contributed by atoms with Crippen LogP contribution in [0.25, 0.3) is 0 Å². The minimum Gasteiger partial charge on any atom is -0.353 e. The van der Waals surface area contributed by atoms with Crippen molar-refractivity contribution in [3.63, 3.8) is 0 Å². The summed E-state index contributed by atoms with van der Waals surface area (Å²) in [4.78, 5) is 11.2. The largest absolute Gasteiger partial charge is 0.353 e. The van der Waals surface area contributed by atoms with Gasteiger partial charge in [-0.05, 0) is 25.8 Å². The highest BCUT2D eigenvalue weighted by atomic mass is 16.2. The third-order valence-corrected chi connectivity index (χ3v) is 2.29. The Kier molecular flexibility index (Phi) is 2.88. The van der Waals surface area contributed by atoms with Crippen LogP contribution in [0.1, 0.15) is 26.2 Å². The Morgan fingerprint density at radius 3 is 2.91 bits per heavy atom. The first-order valence-corrected chi connectivity index (χ1v) is 4.28. The molecule has 0 radical (unpaired) electrons. The standard InChI is InChI=1S/C8H16N2O/c1-2-7-5-6(3-4-9)8(11)10-7/h6-7H,2-5,9H2,1H3,(H,10,11). The predicted octanol–water partition coefficient (Wildman–Crippen LogP) is 0.250. The number of hydrogen-bond acceptors (Lipinski definition) is 2. The summed E-state index contributed by atoms with van der Waals surface area (Å²) in [7, 11) is 0. The van der Waals surface area contributed by atoms with Crippen molar-refractivity contribution in [3.8, 4) is 0 Å². The molecule has 0 bridgehead atoms. The number of nitrogens with one attached hydrogen (secondary N) is 1. The lowest BCUT2D eigenvalue weighted by atomic mass is 10.0. The van der Waals surface area contributed by atoms with E-state index in [0.29, 0.717) is 12.6 Å². The quantitative estimate of drug-likeness (QED) is 0.615. The van der Waals surface area contributed by atoms with E-state index in [0.717, 1.165) is 19.3 Å². The van der Waals surface area contributed by atoms with E-state index in [1.807, 2.05) is 0 Å². The molecule has 0 spiro atoms. The molecule has 0 saturated carbocycles. The Balaban J connectivity index is 2.38. The molecule has 0 aromatic heterocycles. The number of carbonyl (C=O) groups is 1. The molecule has 1 rings (SSSR count). The Morgan fingerprint density at radius 1 is 1.73 bits per heavy atom. The van der Waals surface area contributed by atoms with Crippen molar-refractivity contribution in [2.75, 3.05) is 6.54 Å². The molecular formula is C8H16N2O. The first-order valence-electron chi connectivity index (χ1n) is 4.28. The third-order valence-electron chi connectivity index (χ3n) is 2.29. The number of nitrogens with two attached hydrogens (primary N) is 1. The van der Waals surface area contributed by atoms with Crippen molar-refractivity contribution in [2.45, 2.75) is 32.2 Å². The Morgan fingerprint density at radius 2 is 2.45 bits per heavy atom. The lowest BCUT2D eigenvalue weighted by Crippen LogP contribution is -2.26. The molecule has 11 heavy (non-hydrogen) atoms. The fraction of sp³-hybridized carbons (Fsp3) is 0.875. The molecule has 64 valence electrons. The molecule has 0 aromatic carbocycles. The van der Waals surface area contributed by atoms with E-state index >= 15 is 0 Å². The molecule has 1 amide bonds. The van der Waals surface area contributed by atoms with Gasteiger partial charge >= 0.3 is 0 Å². The summed E-state index contributed by atoms with van der Waals surface area (Å²) in [5.74, 6) is 0.382. The number of carbonyl (C=O) groups excluding carboxylic acids is 1. The van der Waals surface area contributed by atoms with Gasteiger partial charge in [-0.15, -0.1) is 0 Å². The highest BCUT2D eigenvalue weighted by Crippen LogP contribution is 2.19. The van der Waals surface area contributed by atoms with Crippen LogP contribution in [0.5, 0.6) is 0 Å². The van der Waals surface area contributed by atoms with Crippen LogP contribution in [0.2, 0.25) is 0 Å². The zero-order chi connectivity index (χ0) is 8.27. The SMILES string of the molecule is CCC1CC(CCN)C(=O)N1. The van der Waals surface area contributed by atoms with Crippen molar-refractivity contribution in [2.24, 2.45) is 11.7 Å². The minimum atomic E-state index is 0.185. The van der Waals surface area contributed by atoms with Crippen LogP contribution in [0.3, 0.4) is 0 Å². The van der Waals surface area contributed by atoms with Gasteiger partial charge < -0.3 is 11.1 Å². The molecule has 2 unspecified atom stereocenters. The van der Waals surface area contributed by atoms with E-state index in [1.165, 1.54) is 0 Å². The molecule has 3 N–H and O–H groups in total. The number of hydrogen-bond donors (Lipinski definition) is 2. The second-order valence-electron chi connectivity index (χ2n) is 3.12. The topological polar surface area (TPSA) is 55.1 Å². The Hall–Kier alpha value is -0.570. The second kappa shape index (κ2) is 3.72. The van der Waals surface area contributed by atoms with E-state index in [9.17, 15) is 4.79 Å². The first-order chi connectivity index (χ1) is 5.27. The maximum Gasteiger partial charge on any atom is 0.223 e. The van der Waals surface area contributed by atoms with Crippen molar-refractivity contribution in [3.05, 3.63) is 0 Å². The monoisotopic (exact) mass is 156 g/mol. The van der Waals surface area contributed by atoms with Crippen LogP contribution in [0.15, 0.2) is 0 Å². The van der Waals surface area contributed by atoms with Crippen LogP contribution in [-0.4, -0.2) is 18.5 Å². The summed E-state index contributed by atoms with van der Waals surface area (Å²) in [5.41, 5.74) is 5.38. The zero-order valence-electron chi connectivity index (χ0n) is 6.97. The van der Waals surface area contributed by atoms with Crippen LogP contribution >= 0.6 is 0 Å². The highest BCUT2D eigenvalue weighted by Gasteiger charge is 2.29. The fourth-order valence-corrected chi connectivity index (χ4v) is 1.55. The van der Waals surface area contributed by atoms with Gasteiger partial charge in [0.05, 0.1) is 0 Å². The summed E-state index contributed by atoms with van der Waals surface area (Å²) in [6.45, 7) is 2.71. The van der Waals surface area contributed by atoms with E-state index in [1.54, 1.807) is 0 Å². The van der Waals surface area contributed by atoms with E-state index < -0.39 is 0 Å². The summed E-state index contributed by atoms with van der Waals surface area (Å²) < 4.78 is 0. The fourth-order valence-electron chi connectivity index (χ4n) is 1.55. The van der Waals surface area contributed by atoms with Crippen molar-refractivity contribution in [1.82, 2.24) is 5.32 Å². The van der Waals surface area contributed by atoms with Gasteiger partial charge in [-0.3, -0.25) is 4.79 Å². The molecular weight excluding hydrogens is 140 g/mol. The van der Waals surface area contributed by atoms with Crippen molar-refractivity contribution in [1.29, 1.82) is 0 Å². The summed E-state index contributed by atoms with van der Waals surface area (Å²) in [5, 5.41) is 2.94. The summed E-state index contributed by atoms with van der Waals surface area (Å²) in [6.07, 6.45) is 2.85. The van der Waals surface area contributed by atoms with Crippen LogP contribution in [0, 0.1) is 5.92 Å². The van der Waals surface area contributed by atoms with Gasteiger partial charge in [-0.1, -0.05) is 6.92 Å². The Labute approximate surface area is 67.3 Å².